The predicted molar refractivity (Wildman–Crippen MR) is 64.5 cm³/mol. The Morgan fingerprint density at radius 3 is 2.88 bits per heavy atom. The summed E-state index contributed by atoms with van der Waals surface area (Å²) in [5.74, 6) is 0.874. The van der Waals surface area contributed by atoms with Gasteiger partial charge in [-0.1, -0.05) is 23.7 Å². The number of aromatic nitrogens is 3. The van der Waals surface area contributed by atoms with Gasteiger partial charge in [-0.2, -0.15) is 5.10 Å². The lowest BCUT2D eigenvalue weighted by Gasteiger charge is -2.10. The molecule has 84 valence electrons. The number of aryl methyl sites for hydroxylation is 2. The fraction of sp³-hybridized carbons (Fsp3) is 0.273. The first-order valence-corrected chi connectivity index (χ1v) is 5.38. The number of para-hydroxylation sites is 1. The number of benzene rings is 1. The summed E-state index contributed by atoms with van der Waals surface area (Å²) in [6.07, 6.45) is 1.54. The molecule has 0 amide bonds. The molecule has 4 nitrogen and oxygen atoms in total. The van der Waals surface area contributed by atoms with E-state index in [1.165, 1.54) is 6.33 Å². The van der Waals surface area contributed by atoms with E-state index in [1.807, 2.05) is 32.2 Å². The third kappa shape index (κ3) is 2.17. The number of hydrogen-bond donors (Lipinski definition) is 1. The van der Waals surface area contributed by atoms with Gasteiger partial charge in [0.1, 0.15) is 12.2 Å². The number of nitrogens with zero attached hydrogens (tertiary/aromatic N) is 3. The zero-order chi connectivity index (χ0) is 11.5. The molecule has 0 fully saturated rings. The minimum atomic E-state index is 0.612. The Morgan fingerprint density at radius 2 is 2.25 bits per heavy atom. The van der Waals surface area contributed by atoms with Crippen LogP contribution in [0.15, 0.2) is 24.5 Å². The second kappa shape index (κ2) is 4.53. The van der Waals surface area contributed by atoms with Crippen LogP contribution in [0, 0.1) is 6.92 Å². The lowest BCUT2D eigenvalue weighted by atomic mass is 10.2. The summed E-state index contributed by atoms with van der Waals surface area (Å²) in [5.41, 5.74) is 2.07. The normalized spacial score (nSPS) is 10.4. The Labute approximate surface area is 99.3 Å². The van der Waals surface area contributed by atoms with Gasteiger partial charge in [0.25, 0.3) is 0 Å². The number of rotatable bonds is 3. The van der Waals surface area contributed by atoms with Gasteiger partial charge >= 0.3 is 0 Å². The fourth-order valence-electron chi connectivity index (χ4n) is 1.50. The van der Waals surface area contributed by atoms with Crippen LogP contribution in [0.5, 0.6) is 0 Å². The molecule has 0 aliphatic rings. The highest BCUT2D eigenvalue weighted by Crippen LogP contribution is 2.25. The van der Waals surface area contributed by atoms with E-state index in [4.69, 9.17) is 11.6 Å². The second-order valence-electron chi connectivity index (χ2n) is 3.59. The molecule has 1 aromatic carbocycles. The average molecular weight is 237 g/mol. The van der Waals surface area contributed by atoms with Crippen molar-refractivity contribution in [1.29, 1.82) is 0 Å². The van der Waals surface area contributed by atoms with Crippen molar-refractivity contribution in [3.8, 4) is 0 Å². The Hall–Kier alpha value is -1.55. The van der Waals surface area contributed by atoms with Crippen LogP contribution >= 0.6 is 11.6 Å². The smallest absolute Gasteiger partial charge is 0.145 e. The third-order valence-corrected chi connectivity index (χ3v) is 2.77. The maximum absolute atomic E-state index is 6.10. The Kier molecular flexibility index (Phi) is 3.10. The van der Waals surface area contributed by atoms with Crippen molar-refractivity contribution < 1.29 is 0 Å². The van der Waals surface area contributed by atoms with Gasteiger partial charge in [-0.25, -0.2) is 4.98 Å². The highest BCUT2D eigenvalue weighted by molar-refractivity contribution is 6.33. The van der Waals surface area contributed by atoms with Crippen LogP contribution in [-0.2, 0) is 13.6 Å². The average Bonchev–Trinajstić information content (AvgIpc) is 2.64. The fourth-order valence-corrected chi connectivity index (χ4v) is 1.79. The predicted octanol–water partition coefficient (Wildman–Crippen LogP) is 2.39. The van der Waals surface area contributed by atoms with Gasteiger partial charge in [-0.15, -0.1) is 0 Å². The first-order valence-electron chi connectivity index (χ1n) is 5.00. The SMILES string of the molecule is Cc1cccc(Cl)c1NCc1ncnn1C. The standard InChI is InChI=1S/C11H13ClN4/c1-8-4-3-5-9(12)11(8)13-6-10-14-7-15-16(10)2/h3-5,7,13H,6H2,1-2H3. The molecule has 1 heterocycles. The largest absolute Gasteiger partial charge is 0.376 e. The first-order chi connectivity index (χ1) is 7.68. The molecule has 1 aromatic heterocycles. The van der Waals surface area contributed by atoms with Crippen molar-refractivity contribution in [2.75, 3.05) is 5.32 Å². The molecular weight excluding hydrogens is 224 g/mol. The van der Waals surface area contributed by atoms with Crippen LogP contribution in [0.2, 0.25) is 5.02 Å². The molecule has 2 aromatic rings. The molecule has 0 spiro atoms. The Morgan fingerprint density at radius 1 is 1.44 bits per heavy atom. The second-order valence-corrected chi connectivity index (χ2v) is 3.99. The van der Waals surface area contributed by atoms with E-state index in [-0.39, 0.29) is 0 Å². The lowest BCUT2D eigenvalue weighted by Crippen LogP contribution is -2.07. The number of nitrogens with one attached hydrogen (secondary N) is 1. The molecular formula is C11H13ClN4. The van der Waals surface area contributed by atoms with Gasteiger partial charge in [-0.3, -0.25) is 4.68 Å². The van der Waals surface area contributed by atoms with E-state index in [0.717, 1.165) is 22.1 Å². The maximum atomic E-state index is 6.10. The van der Waals surface area contributed by atoms with Crippen LogP contribution in [0.4, 0.5) is 5.69 Å². The van der Waals surface area contributed by atoms with Gasteiger partial charge in [0, 0.05) is 7.05 Å². The van der Waals surface area contributed by atoms with Crippen LogP contribution in [0.25, 0.3) is 0 Å². The molecule has 2 rings (SSSR count). The van der Waals surface area contributed by atoms with Crippen molar-refractivity contribution in [1.82, 2.24) is 14.8 Å². The van der Waals surface area contributed by atoms with E-state index in [2.05, 4.69) is 15.4 Å². The van der Waals surface area contributed by atoms with Crippen LogP contribution in [0.3, 0.4) is 0 Å². The van der Waals surface area contributed by atoms with E-state index in [9.17, 15) is 0 Å². The van der Waals surface area contributed by atoms with Gasteiger partial charge in [0.2, 0.25) is 0 Å². The quantitative estimate of drug-likeness (QED) is 0.890. The van der Waals surface area contributed by atoms with Crippen molar-refractivity contribution in [3.05, 3.63) is 40.9 Å². The van der Waals surface area contributed by atoms with E-state index >= 15 is 0 Å². The molecule has 0 radical (unpaired) electrons. The van der Waals surface area contributed by atoms with Crippen molar-refractivity contribution in [2.24, 2.45) is 7.05 Å². The number of halogens is 1. The maximum Gasteiger partial charge on any atom is 0.145 e. The molecule has 1 N–H and O–H groups in total. The molecule has 0 bridgehead atoms. The topological polar surface area (TPSA) is 42.7 Å². The van der Waals surface area contributed by atoms with Gasteiger partial charge in [0.15, 0.2) is 0 Å². The molecule has 5 heteroatoms. The number of anilines is 1. The molecule has 0 aliphatic heterocycles. The molecule has 0 atom stereocenters. The highest BCUT2D eigenvalue weighted by atomic mass is 35.5. The summed E-state index contributed by atoms with van der Waals surface area (Å²) in [6.45, 7) is 2.63. The minimum absolute atomic E-state index is 0.612. The van der Waals surface area contributed by atoms with Gasteiger partial charge < -0.3 is 5.32 Å². The minimum Gasteiger partial charge on any atom is -0.376 e. The van der Waals surface area contributed by atoms with Crippen LogP contribution in [0.1, 0.15) is 11.4 Å². The Balaban J connectivity index is 2.14. The summed E-state index contributed by atoms with van der Waals surface area (Å²) in [5, 5.41) is 8.00. The zero-order valence-corrected chi connectivity index (χ0v) is 9.99. The Bertz CT molecular complexity index is 472. The summed E-state index contributed by atoms with van der Waals surface area (Å²) < 4.78 is 1.74. The molecule has 0 saturated heterocycles. The lowest BCUT2D eigenvalue weighted by molar-refractivity contribution is 0.712. The highest BCUT2D eigenvalue weighted by Gasteiger charge is 2.05. The summed E-state index contributed by atoms with van der Waals surface area (Å²) in [4.78, 5) is 4.14. The van der Waals surface area contributed by atoms with Gasteiger partial charge in [0.05, 0.1) is 17.3 Å². The van der Waals surface area contributed by atoms with Crippen molar-refractivity contribution >= 4 is 17.3 Å². The summed E-state index contributed by atoms with van der Waals surface area (Å²) >= 11 is 6.10. The molecule has 16 heavy (non-hydrogen) atoms. The summed E-state index contributed by atoms with van der Waals surface area (Å²) in [6, 6.07) is 5.82. The van der Waals surface area contributed by atoms with E-state index in [0.29, 0.717) is 6.54 Å². The van der Waals surface area contributed by atoms with E-state index < -0.39 is 0 Å². The summed E-state index contributed by atoms with van der Waals surface area (Å²) in [7, 11) is 1.86. The van der Waals surface area contributed by atoms with E-state index in [1.54, 1.807) is 4.68 Å². The first kappa shape index (κ1) is 11.0. The molecule has 0 unspecified atom stereocenters. The third-order valence-electron chi connectivity index (χ3n) is 2.45. The number of hydrogen-bond acceptors (Lipinski definition) is 3. The van der Waals surface area contributed by atoms with Crippen LogP contribution < -0.4 is 5.32 Å². The molecule has 0 saturated carbocycles. The van der Waals surface area contributed by atoms with Gasteiger partial charge in [-0.05, 0) is 18.6 Å². The van der Waals surface area contributed by atoms with Crippen molar-refractivity contribution in [2.45, 2.75) is 13.5 Å². The molecule has 0 aliphatic carbocycles. The zero-order valence-electron chi connectivity index (χ0n) is 9.24. The van der Waals surface area contributed by atoms with Crippen molar-refractivity contribution in [3.63, 3.8) is 0 Å². The van der Waals surface area contributed by atoms with Crippen LogP contribution in [-0.4, -0.2) is 14.8 Å². The monoisotopic (exact) mass is 236 g/mol.